The zero-order valence-electron chi connectivity index (χ0n) is 67.0. The Hall–Kier alpha value is -6.56. The zero-order valence-corrected chi connectivity index (χ0v) is 67.0. The van der Waals surface area contributed by atoms with Crippen molar-refractivity contribution in [2.45, 2.75) is 256 Å². The molecule has 0 aromatic heterocycles. The Kier molecular flexibility index (Phi) is 25.2. The summed E-state index contributed by atoms with van der Waals surface area (Å²) < 4.78 is 37.5. The molecule has 3 saturated heterocycles. The first kappa shape index (κ1) is 81.0. The number of hydrogen-bond donors (Lipinski definition) is 9. The number of nitrogens with two attached hydrogens (primary N) is 1. The lowest BCUT2D eigenvalue weighted by atomic mass is 9.48. The van der Waals surface area contributed by atoms with Gasteiger partial charge in [-0.3, -0.25) is 14.7 Å². The topological polar surface area (TPSA) is 240 Å². The standard InChI is InChI=1S/C46H63N3O6.C23H32N2O3.C19H24N2O3.C4H10/c1-4-25-49-27-23-45-42-36-16-19-39(50)43(42)55-44(45)38(20-22-46(45,51)41(49)33-36)47-24-10-5-6-11-29-52-31-32-53-30-28-48(3)26-21-40(35-12-8-7-9-13-35)54-37-17-14-34(2)15-18-37;1-3-5-11-24-16-8-9-23(27)18-14-15-6-7-17(26)20-19(15)22(23,21(16)28-20)10-13-25(18)12-4-2;1-2-8-21-9-7-18-15-11-3-4-13(22)16(15)24-17(18)12(20)5-6-19(18,23)14(21)10-11;1-3-4-2/h4,7-9,12-19,38,40-41,44,47,50-51H,1,5-6,10-11,20-33H2,2-3H3;4,6-7,16,18,21,24,26-27H,2-3,5,8-14H2,1H3;2-4,12,14,17,22-23H,1,5-10,20H2;3-4H2,1-2H3/t38-,40?,41-,44?,45+,46-;16-,18-,21?,22+,23-;12-,14-,17?,18+,19-;/m111./s1. The molecule has 0 amide bonds. The first-order valence-electron chi connectivity index (χ1n) is 42.5. The number of nitrogens with zero attached hydrogens (tertiary/aromatic N) is 4. The maximum atomic E-state index is 12.5. The Bertz CT molecular complexity index is 4020. The van der Waals surface area contributed by atoms with Gasteiger partial charge in [0.05, 0.1) is 52.9 Å². The summed E-state index contributed by atoms with van der Waals surface area (Å²) in [6.45, 7) is 31.8. The largest absolute Gasteiger partial charge is 0.504 e. The van der Waals surface area contributed by atoms with E-state index >= 15 is 0 Å². The lowest BCUT2D eigenvalue weighted by Crippen LogP contribution is -2.78. The number of ether oxygens (including phenoxy) is 6. The summed E-state index contributed by atoms with van der Waals surface area (Å²) in [7, 11) is 2.14. The summed E-state index contributed by atoms with van der Waals surface area (Å²) in [6.07, 6.45) is 25.0. The van der Waals surface area contributed by atoms with Gasteiger partial charge in [-0.1, -0.05) is 137 Å². The van der Waals surface area contributed by atoms with E-state index in [9.17, 15) is 30.6 Å². The van der Waals surface area contributed by atoms with Gasteiger partial charge in [0.1, 0.15) is 30.2 Å². The van der Waals surface area contributed by atoms with Crippen LogP contribution in [0, 0.1) is 6.92 Å². The van der Waals surface area contributed by atoms with Crippen LogP contribution in [0.25, 0.3) is 0 Å². The molecule has 6 bridgehead atoms. The van der Waals surface area contributed by atoms with Gasteiger partial charge in [0.25, 0.3) is 0 Å². The number of aromatic hydroxyl groups is 3. The van der Waals surface area contributed by atoms with Gasteiger partial charge in [-0.15, -0.1) is 19.7 Å². The van der Waals surface area contributed by atoms with Gasteiger partial charge in [0.2, 0.25) is 0 Å². The monoisotopic (exact) mass is 1520 g/mol. The Labute approximate surface area is 660 Å². The fourth-order valence-corrected chi connectivity index (χ4v) is 22.7. The predicted molar refractivity (Wildman–Crippen MR) is 437 cm³/mol. The van der Waals surface area contributed by atoms with E-state index in [0.717, 1.165) is 210 Å². The average Bonchev–Trinajstić information content (AvgIpc) is 1.57. The third-order valence-electron chi connectivity index (χ3n) is 28.1. The molecule has 111 heavy (non-hydrogen) atoms. The fraction of sp³-hybridized carbons (Fsp3) is 0.609. The number of phenols is 3. The molecular formula is C92H129N7O12. The molecule has 12 aliphatic rings. The molecule has 5 aromatic carbocycles. The van der Waals surface area contributed by atoms with Gasteiger partial charge in [0.15, 0.2) is 34.5 Å². The molecule has 16 atom stereocenters. The highest BCUT2D eigenvalue weighted by atomic mass is 16.5. The van der Waals surface area contributed by atoms with Crippen LogP contribution in [0.3, 0.4) is 0 Å². The predicted octanol–water partition coefficient (Wildman–Crippen LogP) is 12.1. The maximum Gasteiger partial charge on any atom is 0.165 e. The second-order valence-corrected chi connectivity index (χ2v) is 34.2. The van der Waals surface area contributed by atoms with Crippen molar-refractivity contribution < 1.29 is 59.1 Å². The van der Waals surface area contributed by atoms with Gasteiger partial charge in [-0.2, -0.15) is 0 Å². The molecule has 6 aliphatic heterocycles. The minimum absolute atomic E-state index is 0.00243. The van der Waals surface area contributed by atoms with E-state index in [1.54, 1.807) is 18.2 Å². The SMILES string of the molecule is C=CCN1CC[C@]23c4c5ccc(O)c4OC2[C@H](N)CC[C@@]3(O)[C@H]1C5.C=CCN1CC[C@]23c4c5ccc(O)c4OC2[C@H](NCCCC)CC[C@@]3(O)[C@H]1C5.C=CCN1CC[C@]23c4c5ccc(O)c4OC2[C@H](NCCCCCCOCCOCCN(C)CCC(Oc2ccc(C)cc2)c2ccccc2)CC[C@@]3(O)[C@H]1C5.CCCC. The first-order valence-corrected chi connectivity index (χ1v) is 42.5. The molecule has 6 heterocycles. The summed E-state index contributed by atoms with van der Waals surface area (Å²) in [6, 6.07) is 30.5. The number of aliphatic hydroxyl groups is 3. The second-order valence-electron chi connectivity index (χ2n) is 34.2. The number of phenolic OH excluding ortho intramolecular Hbond substituents is 3. The van der Waals surface area contributed by atoms with Crippen LogP contribution in [0.4, 0.5) is 0 Å². The van der Waals surface area contributed by atoms with Crippen molar-refractivity contribution in [2.24, 2.45) is 5.73 Å². The maximum absolute atomic E-state index is 12.5. The Morgan fingerprint density at radius 3 is 1.43 bits per heavy atom. The molecule has 4 unspecified atom stereocenters. The molecule has 3 spiro atoms. The van der Waals surface area contributed by atoms with Crippen LogP contribution in [0.1, 0.15) is 187 Å². The van der Waals surface area contributed by atoms with E-state index in [1.165, 1.54) is 40.7 Å². The highest BCUT2D eigenvalue weighted by Gasteiger charge is 2.76. The van der Waals surface area contributed by atoms with E-state index in [0.29, 0.717) is 43.5 Å². The first-order chi connectivity index (χ1) is 53.8. The number of hydrogen-bond acceptors (Lipinski definition) is 19. The van der Waals surface area contributed by atoms with Crippen LogP contribution in [0.15, 0.2) is 129 Å². The molecule has 3 saturated carbocycles. The highest BCUT2D eigenvalue weighted by molar-refractivity contribution is 5.65. The quantitative estimate of drug-likeness (QED) is 0.0148. The smallest absolute Gasteiger partial charge is 0.165 e. The summed E-state index contributed by atoms with van der Waals surface area (Å²) in [5.41, 5.74) is 11.7. The molecular weight excluding hydrogens is 1400 g/mol. The van der Waals surface area contributed by atoms with E-state index in [2.05, 4.69) is 121 Å². The molecule has 6 fully saturated rings. The van der Waals surface area contributed by atoms with Crippen LogP contribution in [-0.2, 0) is 45.0 Å². The summed E-state index contributed by atoms with van der Waals surface area (Å²) >= 11 is 0. The fourth-order valence-electron chi connectivity index (χ4n) is 22.7. The molecule has 604 valence electrons. The number of unbranched alkanes of at least 4 members (excludes halogenated alkanes) is 5. The molecule has 19 nitrogen and oxygen atoms in total. The van der Waals surface area contributed by atoms with Crippen LogP contribution in [0.2, 0.25) is 0 Å². The van der Waals surface area contributed by atoms with Gasteiger partial charge < -0.3 is 80.3 Å². The molecule has 10 N–H and O–H groups in total. The second kappa shape index (κ2) is 34.5. The van der Waals surface area contributed by atoms with E-state index in [1.807, 2.05) is 54.6 Å². The number of nitrogens with one attached hydrogen (secondary N) is 2. The van der Waals surface area contributed by atoms with Crippen molar-refractivity contribution in [1.82, 2.24) is 30.2 Å². The number of benzene rings is 5. The lowest BCUT2D eigenvalue weighted by molar-refractivity contribution is -0.189. The normalized spacial score (nSPS) is 31.7. The molecule has 0 radical (unpaired) electrons. The van der Waals surface area contributed by atoms with Gasteiger partial charge in [-0.05, 0) is 196 Å². The van der Waals surface area contributed by atoms with Crippen molar-refractivity contribution in [3.05, 3.63) is 173 Å². The number of piperidine rings is 3. The van der Waals surface area contributed by atoms with E-state index in [4.69, 9.17) is 34.2 Å². The zero-order chi connectivity index (χ0) is 77.9. The Morgan fingerprint density at radius 1 is 0.523 bits per heavy atom. The minimum Gasteiger partial charge on any atom is -0.504 e. The van der Waals surface area contributed by atoms with Crippen LogP contribution in [-0.4, -0.2) is 221 Å². The number of rotatable bonds is 31. The summed E-state index contributed by atoms with van der Waals surface area (Å²) in [5.74, 6) is 3.27. The molecule has 5 aromatic rings. The van der Waals surface area contributed by atoms with E-state index in [-0.39, 0.29) is 77.9 Å². The third kappa shape index (κ3) is 14.4. The molecule has 19 heteroatoms. The van der Waals surface area contributed by atoms with Crippen molar-refractivity contribution in [3.63, 3.8) is 0 Å². The van der Waals surface area contributed by atoms with Crippen molar-refractivity contribution in [1.29, 1.82) is 0 Å². The van der Waals surface area contributed by atoms with Crippen molar-refractivity contribution in [2.75, 3.05) is 98.9 Å². The van der Waals surface area contributed by atoms with Gasteiger partial charge in [-0.25, -0.2) is 0 Å². The molecule has 17 rings (SSSR count). The van der Waals surface area contributed by atoms with Gasteiger partial charge in [0, 0.05) is 98.7 Å². The number of likely N-dealkylation sites (N-methyl/N-ethyl adjacent to an activating group) is 1. The van der Waals surface area contributed by atoms with E-state index < -0.39 is 33.0 Å². The van der Waals surface area contributed by atoms with Gasteiger partial charge >= 0.3 is 0 Å². The third-order valence-corrected chi connectivity index (χ3v) is 28.1. The Morgan fingerprint density at radius 2 is 0.964 bits per heavy atom. The molecule has 6 aliphatic carbocycles. The summed E-state index contributed by atoms with van der Waals surface area (Å²) in [5, 5.41) is 76.0. The van der Waals surface area contributed by atoms with Crippen molar-refractivity contribution >= 4 is 0 Å². The van der Waals surface area contributed by atoms with Crippen molar-refractivity contribution in [3.8, 4) is 40.2 Å². The van der Waals surface area contributed by atoms with Crippen LogP contribution in [0.5, 0.6) is 40.2 Å². The summed E-state index contributed by atoms with van der Waals surface area (Å²) in [4.78, 5) is 9.45. The van der Waals surface area contributed by atoms with Crippen LogP contribution >= 0.6 is 0 Å². The minimum atomic E-state index is -0.880. The number of aryl methyl sites for hydroxylation is 1. The Balaban J connectivity index is 0.000000151. The lowest BCUT2D eigenvalue weighted by Gasteiger charge is -2.64. The van der Waals surface area contributed by atoms with Crippen LogP contribution < -0.4 is 35.3 Å². The average molecular weight is 1530 g/mol. The highest BCUT2D eigenvalue weighted by Crippen LogP contribution is 2.69. The number of likely N-dealkylation sites (tertiary alicyclic amines) is 3.